The second kappa shape index (κ2) is 10.4. The Hall–Kier alpha value is -3.17. The van der Waals surface area contributed by atoms with E-state index in [0.29, 0.717) is 44.8 Å². The largest absolute Gasteiger partial charge is 0.416 e. The number of hydrogen-bond acceptors (Lipinski definition) is 4. The number of para-hydroxylation sites is 1. The summed E-state index contributed by atoms with van der Waals surface area (Å²) in [6.45, 7) is 5.86. The molecule has 2 aromatic carbocycles. The predicted octanol–water partition coefficient (Wildman–Crippen LogP) is 3.63. The van der Waals surface area contributed by atoms with E-state index in [-0.39, 0.29) is 12.5 Å². The van der Waals surface area contributed by atoms with Crippen LogP contribution in [0.4, 0.5) is 13.2 Å². The molecule has 1 amide bonds. The van der Waals surface area contributed by atoms with Crippen molar-refractivity contribution in [3.8, 4) is 5.69 Å². The summed E-state index contributed by atoms with van der Waals surface area (Å²) in [6, 6.07) is 17.3. The van der Waals surface area contributed by atoms with E-state index in [9.17, 15) is 18.0 Å². The van der Waals surface area contributed by atoms with E-state index < -0.39 is 11.7 Å². The number of halogens is 3. The summed E-state index contributed by atoms with van der Waals surface area (Å²) in [5.74, 6) is -0.0711. The van der Waals surface area contributed by atoms with Gasteiger partial charge < -0.3 is 5.32 Å². The van der Waals surface area contributed by atoms with Gasteiger partial charge >= 0.3 is 6.18 Å². The smallest absolute Gasteiger partial charge is 0.349 e. The Morgan fingerprint density at radius 2 is 1.68 bits per heavy atom. The lowest BCUT2D eigenvalue weighted by Gasteiger charge is -2.34. The quantitative estimate of drug-likeness (QED) is 0.572. The monoisotopic (exact) mass is 471 g/mol. The normalized spacial score (nSPS) is 15.4. The number of alkyl halides is 3. The molecule has 1 N–H and O–H groups in total. The molecule has 34 heavy (non-hydrogen) atoms. The summed E-state index contributed by atoms with van der Waals surface area (Å²) in [5.41, 5.74) is 2.78. The highest BCUT2D eigenvalue weighted by Gasteiger charge is 2.30. The van der Waals surface area contributed by atoms with E-state index in [1.165, 1.54) is 12.1 Å². The Kier molecular flexibility index (Phi) is 7.33. The minimum absolute atomic E-state index is 0.0711. The lowest BCUT2D eigenvalue weighted by atomic mass is 10.1. The molecular formula is C25H28F3N5O. The third kappa shape index (κ3) is 6.24. The van der Waals surface area contributed by atoms with E-state index >= 15 is 0 Å². The molecule has 3 aromatic rings. The van der Waals surface area contributed by atoms with Crippen LogP contribution in [0.15, 0.2) is 60.7 Å². The molecule has 1 aliphatic rings. The summed E-state index contributed by atoms with van der Waals surface area (Å²) in [5, 5.41) is 7.51. The molecule has 180 valence electrons. The fraction of sp³-hybridized carbons (Fsp3) is 0.360. The minimum atomic E-state index is -4.33. The summed E-state index contributed by atoms with van der Waals surface area (Å²) in [7, 11) is 0. The van der Waals surface area contributed by atoms with Crippen molar-refractivity contribution < 1.29 is 18.0 Å². The SMILES string of the molecule is Cc1cc(CNC(=O)CN2CCN(Cc3cccc(C(F)(F)F)c3)CC2)nn1-c1ccccc1. The maximum absolute atomic E-state index is 12.9. The first-order valence-electron chi connectivity index (χ1n) is 11.3. The number of carbonyl (C=O) groups is 1. The molecule has 0 unspecified atom stereocenters. The van der Waals surface area contributed by atoms with E-state index in [2.05, 4.69) is 20.2 Å². The first-order valence-corrected chi connectivity index (χ1v) is 11.3. The maximum atomic E-state index is 12.9. The minimum Gasteiger partial charge on any atom is -0.349 e. The molecule has 9 heteroatoms. The van der Waals surface area contributed by atoms with E-state index in [4.69, 9.17) is 0 Å². The van der Waals surface area contributed by atoms with Crippen LogP contribution in [0.25, 0.3) is 5.69 Å². The Morgan fingerprint density at radius 1 is 0.971 bits per heavy atom. The zero-order valence-electron chi connectivity index (χ0n) is 19.1. The van der Waals surface area contributed by atoms with Gasteiger partial charge in [0.1, 0.15) is 0 Å². The Morgan fingerprint density at radius 3 is 2.38 bits per heavy atom. The van der Waals surface area contributed by atoms with Gasteiger partial charge in [-0.2, -0.15) is 18.3 Å². The number of amides is 1. The third-order valence-electron chi connectivity index (χ3n) is 5.90. The van der Waals surface area contributed by atoms with Gasteiger partial charge in [0.25, 0.3) is 0 Å². The number of aryl methyl sites for hydroxylation is 1. The topological polar surface area (TPSA) is 53.4 Å². The predicted molar refractivity (Wildman–Crippen MR) is 123 cm³/mol. The van der Waals surface area contributed by atoms with Crippen LogP contribution in [-0.2, 0) is 24.1 Å². The fourth-order valence-electron chi connectivity index (χ4n) is 4.11. The van der Waals surface area contributed by atoms with Crippen LogP contribution in [0.1, 0.15) is 22.5 Å². The highest BCUT2D eigenvalue weighted by molar-refractivity contribution is 5.78. The van der Waals surface area contributed by atoms with E-state index in [1.807, 2.05) is 48.0 Å². The highest BCUT2D eigenvalue weighted by atomic mass is 19.4. The molecule has 0 spiro atoms. The first kappa shape index (κ1) is 24.0. The van der Waals surface area contributed by atoms with Crippen LogP contribution in [0.3, 0.4) is 0 Å². The number of carbonyl (C=O) groups excluding carboxylic acids is 1. The zero-order chi connectivity index (χ0) is 24.1. The molecule has 6 nitrogen and oxygen atoms in total. The second-order valence-corrected chi connectivity index (χ2v) is 8.55. The summed E-state index contributed by atoms with van der Waals surface area (Å²) >= 11 is 0. The highest BCUT2D eigenvalue weighted by Crippen LogP contribution is 2.29. The molecule has 0 atom stereocenters. The molecule has 1 aliphatic heterocycles. The van der Waals surface area contributed by atoms with Crippen molar-refractivity contribution in [1.29, 1.82) is 0 Å². The van der Waals surface area contributed by atoms with Gasteiger partial charge in [-0.25, -0.2) is 4.68 Å². The van der Waals surface area contributed by atoms with Gasteiger partial charge in [0.15, 0.2) is 0 Å². The molecule has 0 radical (unpaired) electrons. The standard InChI is InChI=1S/C25H28F3N5O/c1-19-14-22(30-33(19)23-8-3-2-4-9-23)16-29-24(34)18-32-12-10-31(11-13-32)17-20-6-5-7-21(15-20)25(26,27)28/h2-9,14-15H,10-13,16-18H2,1H3,(H,29,34). The number of nitrogens with one attached hydrogen (secondary N) is 1. The number of benzene rings is 2. The summed E-state index contributed by atoms with van der Waals surface area (Å²) < 4.78 is 40.6. The number of piperazine rings is 1. The van der Waals surface area contributed by atoms with E-state index in [1.54, 1.807) is 6.07 Å². The van der Waals surface area contributed by atoms with Crippen molar-refractivity contribution in [1.82, 2.24) is 24.9 Å². The number of nitrogens with zero attached hydrogens (tertiary/aromatic N) is 4. The van der Waals surface area contributed by atoms with Crippen molar-refractivity contribution in [3.63, 3.8) is 0 Å². The summed E-state index contributed by atoms with van der Waals surface area (Å²) in [6.07, 6.45) is -4.33. The van der Waals surface area contributed by atoms with Crippen LogP contribution in [0.2, 0.25) is 0 Å². The van der Waals surface area contributed by atoms with Gasteiger partial charge in [-0.05, 0) is 36.8 Å². The van der Waals surface area contributed by atoms with Crippen molar-refractivity contribution in [3.05, 3.63) is 83.2 Å². The second-order valence-electron chi connectivity index (χ2n) is 8.55. The molecular weight excluding hydrogens is 443 g/mol. The molecule has 0 bridgehead atoms. The molecule has 4 rings (SSSR count). The average molecular weight is 472 g/mol. The lowest BCUT2D eigenvalue weighted by Crippen LogP contribution is -2.49. The van der Waals surface area contributed by atoms with Gasteiger partial charge in [-0.1, -0.05) is 36.4 Å². The first-order chi connectivity index (χ1) is 16.3. The molecule has 2 heterocycles. The lowest BCUT2D eigenvalue weighted by molar-refractivity contribution is -0.137. The van der Waals surface area contributed by atoms with Crippen LogP contribution in [0.5, 0.6) is 0 Å². The van der Waals surface area contributed by atoms with Crippen LogP contribution in [-0.4, -0.2) is 58.2 Å². The molecule has 0 aliphatic carbocycles. The van der Waals surface area contributed by atoms with E-state index in [0.717, 1.165) is 23.1 Å². The number of rotatable bonds is 7. The van der Waals surface area contributed by atoms with Crippen LogP contribution < -0.4 is 5.32 Å². The molecule has 1 saturated heterocycles. The van der Waals surface area contributed by atoms with Crippen molar-refractivity contribution >= 4 is 5.91 Å². The maximum Gasteiger partial charge on any atom is 0.416 e. The van der Waals surface area contributed by atoms with Gasteiger partial charge in [-0.15, -0.1) is 0 Å². The number of hydrogen-bond donors (Lipinski definition) is 1. The summed E-state index contributed by atoms with van der Waals surface area (Å²) in [4.78, 5) is 16.6. The Labute approximate surface area is 197 Å². The Bertz CT molecular complexity index is 1110. The third-order valence-corrected chi connectivity index (χ3v) is 5.90. The Balaban J connectivity index is 1.22. The fourth-order valence-corrected chi connectivity index (χ4v) is 4.11. The molecule has 1 aromatic heterocycles. The van der Waals surface area contributed by atoms with Gasteiger partial charge in [0.2, 0.25) is 5.91 Å². The average Bonchev–Trinajstić information content (AvgIpc) is 3.20. The van der Waals surface area contributed by atoms with Crippen molar-refractivity contribution in [2.24, 2.45) is 0 Å². The van der Waals surface area contributed by atoms with Crippen LogP contribution in [0, 0.1) is 6.92 Å². The molecule has 1 fully saturated rings. The molecule has 0 saturated carbocycles. The van der Waals surface area contributed by atoms with Crippen molar-refractivity contribution in [2.75, 3.05) is 32.7 Å². The van der Waals surface area contributed by atoms with Gasteiger partial charge in [-0.3, -0.25) is 14.6 Å². The van der Waals surface area contributed by atoms with Gasteiger partial charge in [0.05, 0.1) is 30.0 Å². The van der Waals surface area contributed by atoms with Gasteiger partial charge in [0, 0.05) is 38.4 Å². The van der Waals surface area contributed by atoms with Crippen molar-refractivity contribution in [2.45, 2.75) is 26.2 Å². The van der Waals surface area contributed by atoms with Crippen LogP contribution >= 0.6 is 0 Å². The zero-order valence-corrected chi connectivity index (χ0v) is 19.1. The number of aromatic nitrogens is 2.